The van der Waals surface area contributed by atoms with E-state index in [0.717, 1.165) is 23.4 Å². The average molecular weight is 302 g/mol. The summed E-state index contributed by atoms with van der Waals surface area (Å²) in [4.78, 5) is 15.6. The van der Waals surface area contributed by atoms with Crippen LogP contribution in [0, 0.1) is 20.8 Å². The molecule has 0 atom stereocenters. The summed E-state index contributed by atoms with van der Waals surface area (Å²) < 4.78 is 0. The molecule has 112 valence electrons. The molecule has 3 nitrogen and oxygen atoms in total. The molecule has 0 saturated carbocycles. The smallest absolute Gasteiger partial charge is 0.238 e. The highest BCUT2D eigenvalue weighted by Gasteiger charge is 2.11. The highest BCUT2D eigenvalue weighted by molar-refractivity contribution is 7.10. The normalized spacial score (nSPS) is 10.9. The molecule has 0 aliphatic rings. The molecule has 21 heavy (non-hydrogen) atoms. The Kier molecular flexibility index (Phi) is 5.15. The van der Waals surface area contributed by atoms with Crippen molar-refractivity contribution < 1.29 is 4.79 Å². The van der Waals surface area contributed by atoms with Crippen LogP contribution in [0.3, 0.4) is 0 Å². The minimum atomic E-state index is 0.0316. The van der Waals surface area contributed by atoms with Crippen LogP contribution >= 0.6 is 11.3 Å². The van der Waals surface area contributed by atoms with Crippen molar-refractivity contribution in [3.63, 3.8) is 0 Å². The van der Waals surface area contributed by atoms with Crippen LogP contribution in [0.1, 0.15) is 21.6 Å². The lowest BCUT2D eigenvalue weighted by Gasteiger charge is -2.17. The average Bonchev–Trinajstić information content (AvgIpc) is 2.79. The molecule has 0 bridgehead atoms. The molecule has 0 spiro atoms. The number of carbonyl (C=O) groups is 1. The largest absolute Gasteiger partial charge is 0.324 e. The molecule has 0 aliphatic carbocycles. The number of benzene rings is 1. The minimum absolute atomic E-state index is 0.0316. The van der Waals surface area contributed by atoms with Gasteiger partial charge in [-0.25, -0.2) is 0 Å². The van der Waals surface area contributed by atoms with Crippen LogP contribution in [0.2, 0.25) is 0 Å². The van der Waals surface area contributed by atoms with Gasteiger partial charge in [0.25, 0.3) is 0 Å². The maximum absolute atomic E-state index is 12.2. The van der Waals surface area contributed by atoms with Crippen molar-refractivity contribution in [2.45, 2.75) is 27.3 Å². The number of likely N-dealkylation sites (N-methyl/N-ethyl adjacent to an activating group) is 1. The number of hydrogen-bond donors (Lipinski definition) is 1. The lowest BCUT2D eigenvalue weighted by Crippen LogP contribution is -2.30. The molecule has 0 fully saturated rings. The Balaban J connectivity index is 1.94. The maximum Gasteiger partial charge on any atom is 0.238 e. The highest BCUT2D eigenvalue weighted by Crippen LogP contribution is 2.20. The molecular weight excluding hydrogens is 280 g/mol. The monoisotopic (exact) mass is 302 g/mol. The molecule has 2 rings (SSSR count). The molecule has 0 radical (unpaired) electrons. The van der Waals surface area contributed by atoms with E-state index in [1.54, 1.807) is 11.3 Å². The number of aryl methyl sites for hydroxylation is 3. The van der Waals surface area contributed by atoms with Crippen molar-refractivity contribution in [2.75, 3.05) is 18.9 Å². The molecular formula is C17H22N2OS. The van der Waals surface area contributed by atoms with E-state index in [1.807, 2.05) is 44.0 Å². The zero-order valence-electron chi connectivity index (χ0n) is 13.1. The summed E-state index contributed by atoms with van der Waals surface area (Å²) in [5, 5.41) is 5.12. The van der Waals surface area contributed by atoms with Gasteiger partial charge in [-0.15, -0.1) is 11.3 Å². The quantitative estimate of drug-likeness (QED) is 0.912. The lowest BCUT2D eigenvalue weighted by atomic mass is 10.1. The van der Waals surface area contributed by atoms with Crippen molar-refractivity contribution in [1.29, 1.82) is 0 Å². The van der Waals surface area contributed by atoms with Gasteiger partial charge in [0.15, 0.2) is 0 Å². The van der Waals surface area contributed by atoms with E-state index in [0.29, 0.717) is 6.54 Å². The number of rotatable bonds is 5. The first kappa shape index (κ1) is 15.7. The van der Waals surface area contributed by atoms with Gasteiger partial charge >= 0.3 is 0 Å². The predicted octanol–water partition coefficient (Wildman–Crippen LogP) is 3.74. The van der Waals surface area contributed by atoms with Gasteiger partial charge in [0.2, 0.25) is 5.91 Å². The summed E-state index contributed by atoms with van der Waals surface area (Å²) in [6.07, 6.45) is 0. The van der Waals surface area contributed by atoms with Crippen molar-refractivity contribution >= 4 is 22.9 Å². The van der Waals surface area contributed by atoms with E-state index in [1.165, 1.54) is 10.4 Å². The van der Waals surface area contributed by atoms with Crippen LogP contribution in [-0.4, -0.2) is 24.4 Å². The molecule has 1 heterocycles. The highest BCUT2D eigenvalue weighted by atomic mass is 32.1. The number of thiophene rings is 1. The van der Waals surface area contributed by atoms with Crippen LogP contribution < -0.4 is 5.32 Å². The van der Waals surface area contributed by atoms with Gasteiger partial charge in [-0.3, -0.25) is 9.69 Å². The summed E-state index contributed by atoms with van der Waals surface area (Å²) in [5.74, 6) is 0.0316. The number of carbonyl (C=O) groups excluding carboxylic acids is 1. The van der Waals surface area contributed by atoms with Gasteiger partial charge in [0.1, 0.15) is 0 Å². The van der Waals surface area contributed by atoms with Gasteiger partial charge in [0, 0.05) is 17.1 Å². The third kappa shape index (κ3) is 4.16. The van der Waals surface area contributed by atoms with Gasteiger partial charge < -0.3 is 5.32 Å². The van der Waals surface area contributed by atoms with Crippen LogP contribution in [0.25, 0.3) is 0 Å². The van der Waals surface area contributed by atoms with Crippen molar-refractivity contribution in [1.82, 2.24) is 4.90 Å². The maximum atomic E-state index is 12.2. The number of amides is 1. The Morgan fingerprint density at radius 3 is 2.38 bits per heavy atom. The second-order valence-electron chi connectivity index (χ2n) is 5.51. The fraction of sp³-hybridized carbons (Fsp3) is 0.353. The van der Waals surface area contributed by atoms with Gasteiger partial charge in [-0.2, -0.15) is 0 Å². The Bertz CT molecular complexity index is 613. The zero-order chi connectivity index (χ0) is 15.4. The van der Waals surface area contributed by atoms with Crippen molar-refractivity contribution in [3.8, 4) is 0 Å². The summed E-state index contributed by atoms with van der Waals surface area (Å²) in [6, 6.07) is 8.15. The van der Waals surface area contributed by atoms with Crippen molar-refractivity contribution in [3.05, 3.63) is 51.2 Å². The van der Waals surface area contributed by atoms with E-state index in [4.69, 9.17) is 0 Å². The SMILES string of the molecule is Cc1ccsc1CN(C)CC(=O)Nc1c(C)cccc1C. The fourth-order valence-electron chi connectivity index (χ4n) is 2.30. The van der Waals surface area contributed by atoms with Crippen LogP contribution in [-0.2, 0) is 11.3 Å². The molecule has 0 aliphatic heterocycles. The van der Waals surface area contributed by atoms with E-state index < -0.39 is 0 Å². The summed E-state index contributed by atoms with van der Waals surface area (Å²) in [5.41, 5.74) is 4.42. The van der Waals surface area contributed by atoms with Crippen LogP contribution in [0.5, 0.6) is 0 Å². The Morgan fingerprint density at radius 1 is 1.14 bits per heavy atom. The molecule has 0 saturated heterocycles. The topological polar surface area (TPSA) is 32.3 Å². The van der Waals surface area contributed by atoms with E-state index >= 15 is 0 Å². The fourth-order valence-corrected chi connectivity index (χ4v) is 3.29. The first-order valence-electron chi connectivity index (χ1n) is 7.05. The number of para-hydroxylation sites is 1. The lowest BCUT2D eigenvalue weighted by molar-refractivity contribution is -0.117. The molecule has 0 unspecified atom stereocenters. The molecule has 2 aromatic rings. The molecule has 1 aromatic heterocycles. The standard InChI is InChI=1S/C17H22N2OS/c1-12-8-9-21-15(12)10-19(4)11-16(20)18-17-13(2)6-5-7-14(17)3/h5-9H,10-11H2,1-4H3,(H,18,20). The number of hydrogen-bond acceptors (Lipinski definition) is 3. The van der Waals surface area contributed by atoms with Gasteiger partial charge in [-0.1, -0.05) is 18.2 Å². The second kappa shape index (κ2) is 6.87. The van der Waals surface area contributed by atoms with E-state index in [9.17, 15) is 4.79 Å². The minimum Gasteiger partial charge on any atom is -0.324 e. The predicted molar refractivity (Wildman–Crippen MR) is 89.9 cm³/mol. The summed E-state index contributed by atoms with van der Waals surface area (Å²) in [7, 11) is 1.98. The first-order chi connectivity index (χ1) is 9.97. The first-order valence-corrected chi connectivity index (χ1v) is 7.93. The molecule has 4 heteroatoms. The summed E-state index contributed by atoms with van der Waals surface area (Å²) >= 11 is 1.74. The number of nitrogens with one attached hydrogen (secondary N) is 1. The van der Waals surface area contributed by atoms with Crippen LogP contribution in [0.4, 0.5) is 5.69 Å². The van der Waals surface area contributed by atoms with Crippen LogP contribution in [0.15, 0.2) is 29.6 Å². The second-order valence-corrected chi connectivity index (χ2v) is 6.51. The number of nitrogens with zero attached hydrogens (tertiary/aromatic N) is 1. The Labute approximate surface area is 130 Å². The van der Waals surface area contributed by atoms with Gasteiger partial charge in [-0.05, 0) is 56.0 Å². The molecule has 1 amide bonds. The third-order valence-electron chi connectivity index (χ3n) is 3.54. The third-order valence-corrected chi connectivity index (χ3v) is 4.55. The van der Waals surface area contributed by atoms with Gasteiger partial charge in [0.05, 0.1) is 6.54 Å². The molecule has 1 N–H and O–H groups in total. The van der Waals surface area contributed by atoms with Crippen molar-refractivity contribution in [2.24, 2.45) is 0 Å². The van der Waals surface area contributed by atoms with E-state index in [-0.39, 0.29) is 5.91 Å². The van der Waals surface area contributed by atoms with E-state index in [2.05, 4.69) is 23.7 Å². The Hall–Kier alpha value is -1.65. The molecule has 1 aromatic carbocycles. The summed E-state index contributed by atoms with van der Waals surface area (Å²) in [6.45, 7) is 7.34. The Morgan fingerprint density at radius 2 is 1.81 bits per heavy atom. The number of anilines is 1. The zero-order valence-corrected chi connectivity index (χ0v) is 13.9.